The predicted molar refractivity (Wildman–Crippen MR) is 106 cm³/mol. The van der Waals surface area contributed by atoms with Gasteiger partial charge in [0.25, 0.3) is 5.91 Å². The van der Waals surface area contributed by atoms with Gasteiger partial charge in [0.05, 0.1) is 23.6 Å². The summed E-state index contributed by atoms with van der Waals surface area (Å²) in [5.74, 6) is -0.987. The lowest BCUT2D eigenvalue weighted by Crippen LogP contribution is -2.50. The fourth-order valence-corrected chi connectivity index (χ4v) is 4.74. The number of benzene rings is 1. The Balaban J connectivity index is 1.42. The van der Waals surface area contributed by atoms with Crippen molar-refractivity contribution >= 4 is 27.4 Å². The summed E-state index contributed by atoms with van der Waals surface area (Å²) in [4.78, 5) is 29.2. The molecule has 1 aromatic carbocycles. The Morgan fingerprint density at radius 3 is 2.26 bits per heavy atom. The first-order valence-corrected chi connectivity index (χ1v) is 11.6. The number of nitrogens with zero attached hydrogens (tertiary/aromatic N) is 3. The van der Waals surface area contributed by atoms with Crippen LogP contribution in [0.25, 0.3) is 0 Å². The van der Waals surface area contributed by atoms with Crippen molar-refractivity contribution in [3.05, 3.63) is 29.8 Å². The van der Waals surface area contributed by atoms with Gasteiger partial charge in [-0.3, -0.25) is 14.5 Å². The number of esters is 1. The predicted octanol–water partition coefficient (Wildman–Crippen LogP) is 0.628. The lowest BCUT2D eigenvalue weighted by molar-refractivity contribution is -0.153. The molecule has 0 unspecified atom stereocenters. The number of ether oxygens (including phenoxy) is 1. The van der Waals surface area contributed by atoms with Crippen molar-refractivity contribution in [2.24, 2.45) is 0 Å². The number of amides is 1. The van der Waals surface area contributed by atoms with Crippen LogP contribution in [0.4, 0.5) is 18.9 Å². The highest BCUT2D eigenvalue weighted by Crippen LogP contribution is 2.31. The largest absolute Gasteiger partial charge is 0.455 e. The van der Waals surface area contributed by atoms with Crippen LogP contribution in [0.3, 0.4) is 0 Å². The van der Waals surface area contributed by atoms with E-state index in [1.807, 2.05) is 0 Å². The summed E-state index contributed by atoms with van der Waals surface area (Å²) >= 11 is 0. The van der Waals surface area contributed by atoms with Crippen LogP contribution in [0.1, 0.15) is 5.56 Å². The Hall–Kier alpha value is -2.34. The van der Waals surface area contributed by atoms with E-state index in [2.05, 4.69) is 0 Å². The first-order valence-electron chi connectivity index (χ1n) is 9.82. The normalized spacial score (nSPS) is 19.8. The molecule has 1 aromatic rings. The molecule has 8 nitrogen and oxygen atoms in total. The number of alkyl halides is 3. The summed E-state index contributed by atoms with van der Waals surface area (Å²) in [6.45, 7) is 1.34. The van der Waals surface area contributed by atoms with Crippen LogP contribution in [0.15, 0.2) is 24.3 Å². The maximum absolute atomic E-state index is 12.9. The smallest absolute Gasteiger partial charge is 0.416 e. The molecule has 172 valence electrons. The minimum absolute atomic E-state index is 0.00460. The molecule has 2 saturated heterocycles. The van der Waals surface area contributed by atoms with Crippen LogP contribution in [-0.2, 0) is 30.3 Å². The maximum Gasteiger partial charge on any atom is 0.416 e. The van der Waals surface area contributed by atoms with E-state index < -0.39 is 34.2 Å². The first-order chi connectivity index (χ1) is 14.5. The molecule has 3 rings (SSSR count). The number of hydrogen-bond acceptors (Lipinski definition) is 7. The molecule has 2 aliphatic rings. The average Bonchev–Trinajstić information content (AvgIpc) is 2.73. The first kappa shape index (κ1) is 23.3. The number of carbonyl (C=O) groups excluding carboxylic acids is 2. The van der Waals surface area contributed by atoms with E-state index in [0.29, 0.717) is 31.9 Å². The Kier molecular flexibility index (Phi) is 7.10. The Labute approximate surface area is 178 Å². The molecule has 12 heteroatoms. The molecule has 0 aliphatic carbocycles. The van der Waals surface area contributed by atoms with E-state index in [-0.39, 0.29) is 37.0 Å². The Bertz CT molecular complexity index is 901. The zero-order chi connectivity index (χ0) is 22.6. The van der Waals surface area contributed by atoms with Crippen molar-refractivity contribution in [2.45, 2.75) is 6.18 Å². The number of anilines is 1. The number of hydrogen-bond donors (Lipinski definition) is 0. The third-order valence-electron chi connectivity index (χ3n) is 5.32. The maximum atomic E-state index is 12.9. The van der Waals surface area contributed by atoms with E-state index in [4.69, 9.17) is 4.74 Å². The fraction of sp³-hybridized carbons (Fsp3) is 0.579. The molecule has 2 fully saturated rings. The van der Waals surface area contributed by atoms with Gasteiger partial charge in [-0.15, -0.1) is 0 Å². The molecule has 0 atom stereocenters. The SMILES string of the molecule is O=C(CN1CCS(=O)(=O)CC1)OCC(=O)N1CCN(c2cccc(C(F)(F)F)c2)CC1. The van der Waals surface area contributed by atoms with Crippen LogP contribution in [0.2, 0.25) is 0 Å². The summed E-state index contributed by atoms with van der Waals surface area (Å²) in [5.41, 5.74) is -0.279. The summed E-state index contributed by atoms with van der Waals surface area (Å²) in [6, 6.07) is 5.05. The molecule has 0 aromatic heterocycles. The minimum Gasteiger partial charge on any atom is -0.455 e. The molecule has 2 aliphatic heterocycles. The van der Waals surface area contributed by atoms with Gasteiger partial charge in [0, 0.05) is 45.0 Å². The molecule has 0 bridgehead atoms. The van der Waals surface area contributed by atoms with Crippen molar-refractivity contribution < 1.29 is 35.9 Å². The second-order valence-electron chi connectivity index (χ2n) is 7.50. The number of piperazine rings is 1. The minimum atomic E-state index is -4.42. The lowest BCUT2D eigenvalue weighted by Gasteiger charge is -2.36. The van der Waals surface area contributed by atoms with Gasteiger partial charge in [0.1, 0.15) is 0 Å². The summed E-state index contributed by atoms with van der Waals surface area (Å²) in [5, 5.41) is 0. The molecule has 2 heterocycles. The van der Waals surface area contributed by atoms with E-state index >= 15 is 0 Å². The highest BCUT2D eigenvalue weighted by molar-refractivity contribution is 7.91. The number of sulfone groups is 1. The molecule has 0 spiro atoms. The van der Waals surface area contributed by atoms with Crippen molar-refractivity contribution in [1.82, 2.24) is 9.80 Å². The van der Waals surface area contributed by atoms with Gasteiger partial charge in [-0.05, 0) is 18.2 Å². The number of carbonyl (C=O) groups is 2. The van der Waals surface area contributed by atoms with Gasteiger partial charge in [-0.2, -0.15) is 13.2 Å². The molecule has 1 amide bonds. The van der Waals surface area contributed by atoms with Gasteiger partial charge in [0.2, 0.25) is 0 Å². The Morgan fingerprint density at radius 1 is 1.00 bits per heavy atom. The number of rotatable bonds is 5. The second-order valence-corrected chi connectivity index (χ2v) is 9.81. The summed E-state index contributed by atoms with van der Waals surface area (Å²) < 4.78 is 66.5. The van der Waals surface area contributed by atoms with Crippen LogP contribution in [0, 0.1) is 0 Å². The quantitative estimate of drug-likeness (QED) is 0.592. The third-order valence-corrected chi connectivity index (χ3v) is 6.93. The Morgan fingerprint density at radius 2 is 1.65 bits per heavy atom. The van der Waals surface area contributed by atoms with Crippen LogP contribution < -0.4 is 4.90 Å². The van der Waals surface area contributed by atoms with Crippen molar-refractivity contribution in [3.63, 3.8) is 0 Å². The zero-order valence-corrected chi connectivity index (χ0v) is 17.6. The van der Waals surface area contributed by atoms with Gasteiger partial charge in [-0.1, -0.05) is 6.07 Å². The highest BCUT2D eigenvalue weighted by Gasteiger charge is 2.31. The molecule has 0 radical (unpaired) electrons. The van der Waals surface area contributed by atoms with Crippen molar-refractivity contribution in [3.8, 4) is 0 Å². The topological polar surface area (TPSA) is 87.2 Å². The van der Waals surface area contributed by atoms with Crippen molar-refractivity contribution in [1.29, 1.82) is 0 Å². The monoisotopic (exact) mass is 463 g/mol. The molecule has 31 heavy (non-hydrogen) atoms. The molecular weight excluding hydrogens is 439 g/mol. The van der Waals surface area contributed by atoms with Crippen LogP contribution >= 0.6 is 0 Å². The fourth-order valence-electron chi connectivity index (χ4n) is 3.46. The summed E-state index contributed by atoms with van der Waals surface area (Å²) in [7, 11) is -3.04. The van der Waals surface area contributed by atoms with Gasteiger partial charge < -0.3 is 14.5 Å². The van der Waals surface area contributed by atoms with E-state index in [1.165, 1.54) is 11.0 Å². The molecule has 0 saturated carbocycles. The van der Waals surface area contributed by atoms with Gasteiger partial charge in [-0.25, -0.2) is 8.42 Å². The van der Waals surface area contributed by atoms with E-state index in [1.54, 1.807) is 15.9 Å². The van der Waals surface area contributed by atoms with E-state index in [0.717, 1.165) is 12.1 Å². The van der Waals surface area contributed by atoms with Crippen LogP contribution in [-0.4, -0.2) is 94.0 Å². The summed E-state index contributed by atoms with van der Waals surface area (Å²) in [6.07, 6.45) is -4.42. The van der Waals surface area contributed by atoms with E-state index in [9.17, 15) is 31.2 Å². The zero-order valence-electron chi connectivity index (χ0n) is 16.8. The van der Waals surface area contributed by atoms with Gasteiger partial charge >= 0.3 is 12.1 Å². The van der Waals surface area contributed by atoms with Crippen molar-refractivity contribution in [2.75, 3.05) is 68.8 Å². The highest BCUT2D eigenvalue weighted by atomic mass is 32.2. The molecule has 0 N–H and O–H groups in total. The van der Waals surface area contributed by atoms with Gasteiger partial charge in [0.15, 0.2) is 16.4 Å². The lowest BCUT2D eigenvalue weighted by atomic mass is 10.1. The molecular formula is C19H24F3N3O5S. The second kappa shape index (κ2) is 9.43. The average molecular weight is 463 g/mol. The van der Waals surface area contributed by atoms with Crippen LogP contribution in [0.5, 0.6) is 0 Å². The standard InChI is InChI=1S/C19H24F3N3O5S/c20-19(21,22)15-2-1-3-16(12-15)24-4-6-25(7-5-24)17(26)14-30-18(27)13-23-8-10-31(28,29)11-9-23/h1-3,12H,4-11,13-14H2. The third kappa shape index (κ3) is 6.57. The number of halogens is 3.